The minimum atomic E-state index is -0.732. The summed E-state index contributed by atoms with van der Waals surface area (Å²) in [7, 11) is 0. The highest BCUT2D eigenvalue weighted by atomic mass is 16.5. The maximum Gasteiger partial charge on any atom is 0.317 e. The van der Waals surface area contributed by atoms with Crippen LogP contribution in [0.1, 0.15) is 39.0 Å². The fraction of sp³-hybridized carbons (Fsp3) is 0.867. The van der Waals surface area contributed by atoms with Crippen molar-refractivity contribution < 1.29 is 19.4 Å². The van der Waals surface area contributed by atoms with Crippen molar-refractivity contribution in [2.24, 2.45) is 11.8 Å². The van der Waals surface area contributed by atoms with Crippen molar-refractivity contribution in [2.75, 3.05) is 26.2 Å². The van der Waals surface area contributed by atoms with Gasteiger partial charge in [-0.2, -0.15) is 0 Å². The Labute approximate surface area is 125 Å². The van der Waals surface area contributed by atoms with Gasteiger partial charge in [0.25, 0.3) is 0 Å². The lowest BCUT2D eigenvalue weighted by Gasteiger charge is -2.32. The number of nitrogens with one attached hydrogen (secondary N) is 1. The third kappa shape index (κ3) is 4.33. The van der Waals surface area contributed by atoms with E-state index >= 15 is 0 Å². The quantitative estimate of drug-likeness (QED) is 0.809. The second kappa shape index (κ2) is 7.64. The van der Waals surface area contributed by atoms with Gasteiger partial charge in [0.05, 0.1) is 12.0 Å². The van der Waals surface area contributed by atoms with Gasteiger partial charge in [0.2, 0.25) is 0 Å². The van der Waals surface area contributed by atoms with E-state index in [1.807, 2.05) is 6.92 Å². The second-order valence-corrected chi connectivity index (χ2v) is 5.96. The number of carboxylic acids is 1. The number of likely N-dealkylation sites (tertiary alicyclic amines) is 1. The number of urea groups is 1. The molecule has 1 aliphatic carbocycles. The number of carbonyl (C=O) groups excluding carboxylic acids is 1. The Kier molecular flexibility index (Phi) is 5.85. The van der Waals surface area contributed by atoms with Crippen molar-refractivity contribution in [3.05, 3.63) is 0 Å². The van der Waals surface area contributed by atoms with Crippen molar-refractivity contribution in [3.63, 3.8) is 0 Å². The molecule has 2 unspecified atom stereocenters. The number of ether oxygens (including phenoxy) is 1. The second-order valence-electron chi connectivity index (χ2n) is 5.96. The lowest BCUT2D eigenvalue weighted by atomic mass is 9.96. The average Bonchev–Trinajstić information content (AvgIpc) is 2.94. The molecule has 1 saturated heterocycles. The molecule has 6 nitrogen and oxygen atoms in total. The number of nitrogens with zero attached hydrogens (tertiary/aromatic N) is 1. The molecular formula is C15H26N2O4. The molecule has 2 N–H and O–H groups in total. The van der Waals surface area contributed by atoms with E-state index in [0.29, 0.717) is 19.6 Å². The molecule has 1 aliphatic heterocycles. The summed E-state index contributed by atoms with van der Waals surface area (Å²) in [4.78, 5) is 25.0. The highest BCUT2D eigenvalue weighted by Crippen LogP contribution is 2.31. The summed E-state index contributed by atoms with van der Waals surface area (Å²) >= 11 is 0. The Morgan fingerprint density at radius 3 is 2.57 bits per heavy atom. The third-order valence-corrected chi connectivity index (χ3v) is 4.62. The molecular weight excluding hydrogens is 272 g/mol. The highest BCUT2D eigenvalue weighted by Gasteiger charge is 2.33. The van der Waals surface area contributed by atoms with E-state index in [0.717, 1.165) is 38.7 Å². The number of aliphatic carboxylic acids is 1. The molecule has 2 aliphatic rings. The molecule has 0 spiro atoms. The molecule has 6 heteroatoms. The van der Waals surface area contributed by atoms with Crippen LogP contribution in [0.4, 0.5) is 4.79 Å². The summed E-state index contributed by atoms with van der Waals surface area (Å²) in [6.07, 6.45) is 4.59. The average molecular weight is 298 g/mol. The largest absolute Gasteiger partial charge is 0.481 e. The minimum absolute atomic E-state index is 0.0685. The standard InChI is InChI=1S/C15H26N2O4/c1-2-21-12-6-8-17(9-7-12)15(20)16-10-11-4-3-5-13(11)14(18)19/h11-13H,2-10H2,1H3,(H,16,20)(H,18,19). The zero-order chi connectivity index (χ0) is 15.2. The van der Waals surface area contributed by atoms with E-state index in [-0.39, 0.29) is 24.0 Å². The molecule has 0 aromatic rings. The maximum atomic E-state index is 12.1. The van der Waals surface area contributed by atoms with Gasteiger partial charge in [-0.3, -0.25) is 4.79 Å². The first-order valence-corrected chi connectivity index (χ1v) is 7.99. The fourth-order valence-electron chi connectivity index (χ4n) is 3.40. The van der Waals surface area contributed by atoms with Gasteiger partial charge < -0.3 is 20.1 Å². The summed E-state index contributed by atoms with van der Waals surface area (Å²) in [5, 5.41) is 12.0. The van der Waals surface area contributed by atoms with Crippen molar-refractivity contribution in [2.45, 2.75) is 45.1 Å². The first-order chi connectivity index (χ1) is 10.1. The molecule has 0 aromatic carbocycles. The molecule has 21 heavy (non-hydrogen) atoms. The summed E-state index contributed by atoms with van der Waals surface area (Å²) in [5.41, 5.74) is 0. The van der Waals surface area contributed by atoms with Gasteiger partial charge >= 0.3 is 12.0 Å². The van der Waals surface area contributed by atoms with Crippen LogP contribution >= 0.6 is 0 Å². The Morgan fingerprint density at radius 1 is 1.24 bits per heavy atom. The normalized spacial score (nSPS) is 26.8. The zero-order valence-corrected chi connectivity index (χ0v) is 12.7. The Morgan fingerprint density at radius 2 is 1.95 bits per heavy atom. The van der Waals surface area contributed by atoms with Gasteiger partial charge in [-0.1, -0.05) is 6.42 Å². The van der Waals surface area contributed by atoms with E-state index in [9.17, 15) is 9.59 Å². The third-order valence-electron chi connectivity index (χ3n) is 4.62. The predicted molar refractivity (Wildman–Crippen MR) is 78.1 cm³/mol. The molecule has 1 saturated carbocycles. The zero-order valence-electron chi connectivity index (χ0n) is 12.7. The van der Waals surface area contributed by atoms with Crippen molar-refractivity contribution >= 4 is 12.0 Å². The van der Waals surface area contributed by atoms with E-state index in [1.165, 1.54) is 0 Å². The predicted octanol–water partition coefficient (Wildman–Crippen LogP) is 1.70. The molecule has 120 valence electrons. The molecule has 2 amide bonds. The minimum Gasteiger partial charge on any atom is -0.481 e. The SMILES string of the molecule is CCOC1CCN(C(=O)NCC2CCCC2C(=O)O)CC1. The number of amides is 2. The number of hydrogen-bond donors (Lipinski definition) is 2. The Hall–Kier alpha value is -1.30. The van der Waals surface area contributed by atoms with Crippen molar-refractivity contribution in [1.82, 2.24) is 10.2 Å². The number of piperidine rings is 1. The van der Waals surface area contributed by atoms with E-state index in [1.54, 1.807) is 4.90 Å². The van der Waals surface area contributed by atoms with Gasteiger partial charge in [0, 0.05) is 26.2 Å². The first-order valence-electron chi connectivity index (χ1n) is 7.99. The van der Waals surface area contributed by atoms with Gasteiger partial charge in [-0.25, -0.2) is 4.79 Å². The van der Waals surface area contributed by atoms with Gasteiger partial charge in [0.1, 0.15) is 0 Å². The smallest absolute Gasteiger partial charge is 0.317 e. The van der Waals surface area contributed by atoms with E-state index < -0.39 is 5.97 Å². The van der Waals surface area contributed by atoms with Crippen LogP contribution < -0.4 is 5.32 Å². The molecule has 0 aromatic heterocycles. The summed E-state index contributed by atoms with van der Waals surface area (Å²) < 4.78 is 5.57. The van der Waals surface area contributed by atoms with Gasteiger partial charge in [0.15, 0.2) is 0 Å². The van der Waals surface area contributed by atoms with E-state index in [4.69, 9.17) is 9.84 Å². The van der Waals surface area contributed by atoms with Crippen LogP contribution in [0.3, 0.4) is 0 Å². The molecule has 1 heterocycles. The van der Waals surface area contributed by atoms with Crippen LogP contribution in [-0.2, 0) is 9.53 Å². The Bertz CT molecular complexity index is 367. The van der Waals surface area contributed by atoms with Crippen molar-refractivity contribution in [3.8, 4) is 0 Å². The van der Waals surface area contributed by atoms with E-state index in [2.05, 4.69) is 5.32 Å². The van der Waals surface area contributed by atoms with Gasteiger partial charge in [-0.15, -0.1) is 0 Å². The van der Waals surface area contributed by atoms with Gasteiger partial charge in [-0.05, 0) is 38.5 Å². The topological polar surface area (TPSA) is 78.9 Å². The number of hydrogen-bond acceptors (Lipinski definition) is 3. The van der Waals surface area contributed by atoms with Crippen LogP contribution in [0.5, 0.6) is 0 Å². The summed E-state index contributed by atoms with van der Waals surface area (Å²) in [6.45, 7) is 4.60. The summed E-state index contributed by atoms with van der Waals surface area (Å²) in [5.74, 6) is -0.953. The molecule has 2 atom stereocenters. The van der Waals surface area contributed by atoms with Crippen LogP contribution in [0.2, 0.25) is 0 Å². The fourth-order valence-corrected chi connectivity index (χ4v) is 3.40. The number of carbonyl (C=O) groups is 2. The Balaban J connectivity index is 1.71. The number of rotatable bonds is 5. The lowest BCUT2D eigenvalue weighted by Crippen LogP contribution is -2.47. The first kappa shape index (κ1) is 16.1. The highest BCUT2D eigenvalue weighted by molar-refractivity contribution is 5.74. The molecule has 0 radical (unpaired) electrons. The van der Waals surface area contributed by atoms with Crippen LogP contribution in [0.25, 0.3) is 0 Å². The summed E-state index contributed by atoms with van der Waals surface area (Å²) in [6, 6.07) is -0.0685. The molecule has 0 bridgehead atoms. The number of carboxylic acid groups (broad SMARTS) is 1. The van der Waals surface area contributed by atoms with Crippen LogP contribution in [-0.4, -0.2) is 54.4 Å². The lowest BCUT2D eigenvalue weighted by molar-refractivity contribution is -0.142. The molecule has 2 rings (SSSR count). The van der Waals surface area contributed by atoms with Crippen LogP contribution in [0, 0.1) is 11.8 Å². The molecule has 2 fully saturated rings. The monoisotopic (exact) mass is 298 g/mol. The van der Waals surface area contributed by atoms with Crippen molar-refractivity contribution in [1.29, 1.82) is 0 Å². The maximum absolute atomic E-state index is 12.1. The van der Waals surface area contributed by atoms with Crippen LogP contribution in [0.15, 0.2) is 0 Å².